The van der Waals surface area contributed by atoms with Gasteiger partial charge in [0.25, 0.3) is 0 Å². The minimum atomic E-state index is -0.778. The molecule has 6 heteroatoms. The smallest absolute Gasteiger partial charge is 0.306 e. The van der Waals surface area contributed by atoms with Gasteiger partial charge in [0.2, 0.25) is 0 Å². The van der Waals surface area contributed by atoms with Crippen molar-refractivity contribution in [3.63, 3.8) is 0 Å². The van der Waals surface area contributed by atoms with E-state index < -0.39 is 6.10 Å². The predicted molar refractivity (Wildman–Crippen MR) is 325 cm³/mol. The van der Waals surface area contributed by atoms with Crippen molar-refractivity contribution >= 4 is 17.9 Å². The van der Waals surface area contributed by atoms with E-state index in [9.17, 15) is 14.4 Å². The zero-order valence-corrected chi connectivity index (χ0v) is 49.8. The van der Waals surface area contributed by atoms with Gasteiger partial charge in [-0.05, 0) is 103 Å². The average Bonchev–Trinajstić information content (AvgIpc) is 3.41. The van der Waals surface area contributed by atoms with Crippen LogP contribution in [0.4, 0.5) is 0 Å². The summed E-state index contributed by atoms with van der Waals surface area (Å²) in [4.78, 5) is 38.1. The lowest BCUT2D eigenvalue weighted by Crippen LogP contribution is -2.30. The van der Waals surface area contributed by atoms with Crippen LogP contribution < -0.4 is 0 Å². The summed E-state index contributed by atoms with van der Waals surface area (Å²) < 4.78 is 16.8. The molecule has 434 valence electrons. The first kappa shape index (κ1) is 71.8. The van der Waals surface area contributed by atoms with Gasteiger partial charge in [0.1, 0.15) is 13.2 Å². The van der Waals surface area contributed by atoms with Gasteiger partial charge in [-0.1, -0.05) is 280 Å². The van der Waals surface area contributed by atoms with Crippen LogP contribution in [0.1, 0.15) is 329 Å². The SMILES string of the molecule is CC/C=C\C/C=C\C/C=C\C/C=C\CCCCCCCCCCCCCCCCCCCCCCCCC(=O)OCC(COC(=O)CCCCCCC/C=C\CCC)OC(=O)CCCCCCC/C=C\CCCCC. The van der Waals surface area contributed by atoms with Crippen LogP contribution in [0.25, 0.3) is 0 Å². The topological polar surface area (TPSA) is 78.9 Å². The van der Waals surface area contributed by atoms with Crippen molar-refractivity contribution in [1.82, 2.24) is 0 Å². The molecule has 0 rings (SSSR count). The van der Waals surface area contributed by atoms with E-state index in [4.69, 9.17) is 14.2 Å². The van der Waals surface area contributed by atoms with Crippen LogP contribution in [0.2, 0.25) is 0 Å². The number of carbonyl (C=O) groups excluding carboxylic acids is 3. The second kappa shape index (κ2) is 63.4. The minimum absolute atomic E-state index is 0.0770. The molecule has 1 unspecified atom stereocenters. The van der Waals surface area contributed by atoms with Crippen molar-refractivity contribution in [3.8, 4) is 0 Å². The maximum absolute atomic E-state index is 12.8. The number of rotatable bonds is 59. The highest BCUT2D eigenvalue weighted by Gasteiger charge is 2.19. The molecular formula is C69H122O6. The van der Waals surface area contributed by atoms with Crippen molar-refractivity contribution in [3.05, 3.63) is 72.9 Å². The Morgan fingerprint density at radius 1 is 0.280 bits per heavy atom. The maximum Gasteiger partial charge on any atom is 0.306 e. The van der Waals surface area contributed by atoms with E-state index in [-0.39, 0.29) is 31.1 Å². The lowest BCUT2D eigenvalue weighted by atomic mass is 10.0. The van der Waals surface area contributed by atoms with Gasteiger partial charge in [0, 0.05) is 19.3 Å². The fraction of sp³-hybridized carbons (Fsp3) is 0.783. The van der Waals surface area contributed by atoms with Crippen molar-refractivity contribution in [2.45, 2.75) is 335 Å². The zero-order valence-electron chi connectivity index (χ0n) is 49.8. The molecule has 0 fully saturated rings. The summed E-state index contributed by atoms with van der Waals surface area (Å²) in [5, 5.41) is 0. The molecule has 6 nitrogen and oxygen atoms in total. The van der Waals surface area contributed by atoms with Crippen LogP contribution in [-0.2, 0) is 28.6 Å². The molecule has 0 saturated carbocycles. The first-order chi connectivity index (χ1) is 37.0. The Hall–Kier alpha value is -3.15. The summed E-state index contributed by atoms with van der Waals surface area (Å²) >= 11 is 0. The van der Waals surface area contributed by atoms with E-state index in [2.05, 4.69) is 93.7 Å². The summed E-state index contributed by atoms with van der Waals surface area (Å²) in [7, 11) is 0. The van der Waals surface area contributed by atoms with Crippen LogP contribution in [0, 0.1) is 0 Å². The van der Waals surface area contributed by atoms with Gasteiger partial charge in [0.05, 0.1) is 0 Å². The monoisotopic (exact) mass is 1050 g/mol. The highest BCUT2D eigenvalue weighted by molar-refractivity contribution is 5.71. The van der Waals surface area contributed by atoms with Gasteiger partial charge >= 0.3 is 17.9 Å². The van der Waals surface area contributed by atoms with Crippen LogP contribution in [0.15, 0.2) is 72.9 Å². The molecule has 0 aromatic carbocycles. The summed E-state index contributed by atoms with van der Waals surface area (Å²) in [6, 6.07) is 0. The number of hydrogen-bond acceptors (Lipinski definition) is 6. The van der Waals surface area contributed by atoms with Crippen LogP contribution in [0.5, 0.6) is 0 Å². The van der Waals surface area contributed by atoms with Gasteiger partial charge in [-0.25, -0.2) is 0 Å². The summed E-state index contributed by atoms with van der Waals surface area (Å²) in [6.45, 7) is 6.45. The van der Waals surface area contributed by atoms with Crippen molar-refractivity contribution in [1.29, 1.82) is 0 Å². The number of esters is 3. The molecular weight excluding hydrogens is 925 g/mol. The summed E-state index contributed by atoms with van der Waals surface area (Å²) in [5.74, 6) is -0.885. The number of hydrogen-bond donors (Lipinski definition) is 0. The largest absolute Gasteiger partial charge is 0.462 e. The van der Waals surface area contributed by atoms with Crippen molar-refractivity contribution in [2.75, 3.05) is 13.2 Å². The molecule has 0 aliphatic heterocycles. The average molecular weight is 1050 g/mol. The second-order valence-electron chi connectivity index (χ2n) is 21.6. The van der Waals surface area contributed by atoms with Crippen molar-refractivity contribution in [2.24, 2.45) is 0 Å². The van der Waals surface area contributed by atoms with E-state index in [0.29, 0.717) is 19.3 Å². The van der Waals surface area contributed by atoms with E-state index in [1.54, 1.807) is 0 Å². The molecule has 0 aliphatic carbocycles. The molecule has 0 N–H and O–H groups in total. The zero-order chi connectivity index (χ0) is 54.3. The van der Waals surface area contributed by atoms with E-state index >= 15 is 0 Å². The minimum Gasteiger partial charge on any atom is -0.462 e. The molecule has 0 heterocycles. The Balaban J connectivity index is 3.97. The van der Waals surface area contributed by atoms with Gasteiger partial charge in [-0.15, -0.1) is 0 Å². The third kappa shape index (κ3) is 61.6. The quantitative estimate of drug-likeness (QED) is 0.0261. The number of ether oxygens (including phenoxy) is 3. The normalized spacial score (nSPS) is 12.5. The van der Waals surface area contributed by atoms with E-state index in [0.717, 1.165) is 109 Å². The molecule has 0 spiro atoms. The fourth-order valence-corrected chi connectivity index (χ4v) is 9.32. The molecule has 1 atom stereocenters. The Morgan fingerprint density at radius 3 is 0.880 bits per heavy atom. The third-order valence-corrected chi connectivity index (χ3v) is 14.1. The van der Waals surface area contributed by atoms with Crippen molar-refractivity contribution < 1.29 is 28.6 Å². The fourth-order valence-electron chi connectivity index (χ4n) is 9.32. The summed E-state index contributed by atoms with van der Waals surface area (Å²) in [5.41, 5.74) is 0. The number of allylic oxidation sites excluding steroid dienone is 12. The predicted octanol–water partition coefficient (Wildman–Crippen LogP) is 22.1. The van der Waals surface area contributed by atoms with Crippen LogP contribution in [-0.4, -0.2) is 37.2 Å². The molecule has 0 aromatic rings. The molecule has 0 amide bonds. The Labute approximate surface area is 465 Å². The molecule has 0 bridgehead atoms. The number of carbonyl (C=O) groups is 3. The standard InChI is InChI=1S/C69H122O6/c1-4-7-10-13-16-19-22-24-25-26-27-28-29-30-31-32-33-34-35-36-37-38-39-40-41-42-43-44-45-46-48-50-53-56-59-62-68(71)74-65-66(64-73-67(70)61-58-55-52-49-21-18-15-12-9-6-3)75-69(72)63-60-57-54-51-47-23-20-17-14-11-8-5-2/h7,10,12,15-17,19-20,24-25,27-28,66H,4-6,8-9,11,13-14,18,21-23,26,29-65H2,1-3H3/b10-7-,15-12-,19-16-,20-17-,25-24-,28-27-. The Bertz CT molecular complexity index is 1390. The highest BCUT2D eigenvalue weighted by atomic mass is 16.6. The lowest BCUT2D eigenvalue weighted by Gasteiger charge is -2.18. The molecule has 0 aromatic heterocycles. The van der Waals surface area contributed by atoms with Crippen LogP contribution in [0.3, 0.4) is 0 Å². The highest BCUT2D eigenvalue weighted by Crippen LogP contribution is 2.17. The van der Waals surface area contributed by atoms with Crippen LogP contribution >= 0.6 is 0 Å². The molecule has 0 aliphatic rings. The first-order valence-corrected chi connectivity index (χ1v) is 32.4. The first-order valence-electron chi connectivity index (χ1n) is 32.4. The molecule has 0 radical (unpaired) electrons. The lowest BCUT2D eigenvalue weighted by molar-refractivity contribution is -0.167. The Kier molecular flexibility index (Phi) is 60.7. The number of unbranched alkanes of at least 4 members (excludes halogenated alkanes) is 36. The third-order valence-electron chi connectivity index (χ3n) is 14.1. The molecule has 0 saturated heterocycles. The van der Waals surface area contributed by atoms with Gasteiger partial charge in [-0.3, -0.25) is 14.4 Å². The van der Waals surface area contributed by atoms with Gasteiger partial charge in [0.15, 0.2) is 6.10 Å². The molecule has 75 heavy (non-hydrogen) atoms. The maximum atomic E-state index is 12.8. The van der Waals surface area contributed by atoms with Gasteiger partial charge in [-0.2, -0.15) is 0 Å². The van der Waals surface area contributed by atoms with E-state index in [1.807, 2.05) is 0 Å². The Morgan fingerprint density at radius 2 is 0.547 bits per heavy atom. The second-order valence-corrected chi connectivity index (χ2v) is 21.6. The summed E-state index contributed by atoms with van der Waals surface area (Å²) in [6.07, 6.45) is 82.4. The van der Waals surface area contributed by atoms with E-state index in [1.165, 1.54) is 180 Å². The van der Waals surface area contributed by atoms with Gasteiger partial charge < -0.3 is 14.2 Å².